The van der Waals surface area contributed by atoms with E-state index in [9.17, 15) is 4.79 Å². The molecule has 0 aromatic rings. The summed E-state index contributed by atoms with van der Waals surface area (Å²) in [5.41, 5.74) is -0.406. The highest BCUT2D eigenvalue weighted by Crippen LogP contribution is 2.46. The third kappa shape index (κ3) is 3.19. The van der Waals surface area contributed by atoms with Crippen molar-refractivity contribution in [3.05, 3.63) is 0 Å². The molecular weight excluding hydrogens is 220 g/mol. The summed E-state index contributed by atoms with van der Waals surface area (Å²) in [6.45, 7) is 10.1. The molecule has 1 heterocycles. The summed E-state index contributed by atoms with van der Waals surface area (Å²) in [5, 5.41) is 0. The molecule has 1 unspecified atom stereocenters. The van der Waals surface area contributed by atoms with Gasteiger partial charge in [-0.15, -0.1) is 0 Å². The maximum absolute atomic E-state index is 11.8. The molecule has 0 aromatic carbocycles. The molecule has 0 amide bonds. The molecule has 0 aromatic heterocycles. The Balaban J connectivity index is 1.83. The van der Waals surface area contributed by atoms with E-state index in [4.69, 9.17) is 14.2 Å². The van der Waals surface area contributed by atoms with Gasteiger partial charge in [0.1, 0.15) is 5.60 Å². The fraction of sp³-hybridized carbons (Fsp3) is 0.923. The van der Waals surface area contributed by atoms with E-state index in [0.29, 0.717) is 6.61 Å². The molecule has 1 saturated carbocycles. The van der Waals surface area contributed by atoms with Gasteiger partial charge in [-0.25, -0.2) is 0 Å². The Morgan fingerprint density at radius 1 is 1.35 bits per heavy atom. The van der Waals surface area contributed by atoms with E-state index in [2.05, 4.69) is 0 Å². The molecule has 4 heteroatoms. The van der Waals surface area contributed by atoms with Crippen LogP contribution in [0.1, 0.15) is 41.0 Å². The monoisotopic (exact) mass is 242 g/mol. The summed E-state index contributed by atoms with van der Waals surface area (Å²) in [4.78, 5) is 11.8. The lowest BCUT2D eigenvalue weighted by Crippen LogP contribution is -2.27. The summed E-state index contributed by atoms with van der Waals surface area (Å²) in [5.74, 6) is -0.342. The number of esters is 1. The van der Waals surface area contributed by atoms with Crippen LogP contribution in [0.15, 0.2) is 0 Å². The van der Waals surface area contributed by atoms with Crippen molar-refractivity contribution in [3.8, 4) is 0 Å². The van der Waals surface area contributed by atoms with Gasteiger partial charge in [0.05, 0.1) is 18.6 Å². The third-order valence-electron chi connectivity index (χ3n) is 3.06. The fourth-order valence-electron chi connectivity index (χ4n) is 2.20. The van der Waals surface area contributed by atoms with Gasteiger partial charge in [-0.1, -0.05) is 0 Å². The third-order valence-corrected chi connectivity index (χ3v) is 3.06. The second-order valence-electron chi connectivity index (χ2n) is 6.41. The quantitative estimate of drug-likeness (QED) is 0.696. The van der Waals surface area contributed by atoms with Crippen molar-refractivity contribution >= 4 is 5.97 Å². The van der Waals surface area contributed by atoms with E-state index in [0.717, 1.165) is 6.42 Å². The lowest BCUT2D eigenvalue weighted by Gasteiger charge is -2.20. The standard InChI is InChI=1S/C13H22O4/c1-12(2,3)17-11(14)9-6-8(9)10-7-15-13(4,5)16-10/h8-10H,6-7H2,1-5H3/t8-,9?,10+/m0/s1. The van der Waals surface area contributed by atoms with Gasteiger partial charge in [-0.2, -0.15) is 0 Å². The first-order valence-electron chi connectivity index (χ1n) is 6.23. The zero-order valence-electron chi connectivity index (χ0n) is 11.3. The molecule has 1 saturated heterocycles. The molecule has 2 rings (SSSR count). The van der Waals surface area contributed by atoms with Crippen molar-refractivity contribution < 1.29 is 19.0 Å². The average Bonchev–Trinajstić information content (AvgIpc) is 2.83. The molecule has 17 heavy (non-hydrogen) atoms. The topological polar surface area (TPSA) is 44.8 Å². The van der Waals surface area contributed by atoms with Gasteiger partial charge in [0.25, 0.3) is 0 Å². The Bertz CT molecular complexity index is 316. The largest absolute Gasteiger partial charge is 0.460 e. The summed E-state index contributed by atoms with van der Waals surface area (Å²) in [7, 11) is 0. The predicted octanol–water partition coefficient (Wildman–Crippen LogP) is 2.12. The molecule has 0 radical (unpaired) electrons. The van der Waals surface area contributed by atoms with Gasteiger partial charge in [0.15, 0.2) is 5.79 Å². The van der Waals surface area contributed by atoms with Crippen molar-refractivity contribution in [2.75, 3.05) is 6.61 Å². The van der Waals surface area contributed by atoms with Crippen LogP contribution in [0, 0.1) is 11.8 Å². The van der Waals surface area contributed by atoms with Crippen LogP contribution in [-0.4, -0.2) is 30.1 Å². The summed E-state index contributed by atoms with van der Waals surface area (Å²) in [6, 6.07) is 0. The minimum absolute atomic E-state index is 0.00303. The smallest absolute Gasteiger partial charge is 0.309 e. The Hall–Kier alpha value is -0.610. The van der Waals surface area contributed by atoms with Gasteiger partial charge in [-0.3, -0.25) is 4.79 Å². The number of rotatable bonds is 2. The number of hydrogen-bond donors (Lipinski definition) is 0. The van der Waals surface area contributed by atoms with Crippen molar-refractivity contribution in [2.45, 2.75) is 58.5 Å². The van der Waals surface area contributed by atoms with Crippen LogP contribution in [0.4, 0.5) is 0 Å². The zero-order valence-corrected chi connectivity index (χ0v) is 11.3. The van der Waals surface area contributed by atoms with Gasteiger partial charge in [0.2, 0.25) is 0 Å². The Morgan fingerprint density at radius 3 is 2.47 bits per heavy atom. The van der Waals surface area contributed by atoms with E-state index in [1.54, 1.807) is 0 Å². The maximum atomic E-state index is 11.8. The second kappa shape index (κ2) is 3.95. The van der Waals surface area contributed by atoms with Crippen molar-refractivity contribution in [1.82, 2.24) is 0 Å². The van der Waals surface area contributed by atoms with Crippen LogP contribution in [0.25, 0.3) is 0 Å². The van der Waals surface area contributed by atoms with Gasteiger partial charge in [-0.05, 0) is 41.0 Å². The number of carbonyl (C=O) groups excluding carboxylic acids is 1. The molecule has 0 spiro atoms. The first kappa shape index (κ1) is 12.8. The highest BCUT2D eigenvalue weighted by Gasteiger charge is 2.53. The molecule has 98 valence electrons. The molecule has 0 bridgehead atoms. The number of hydrogen-bond acceptors (Lipinski definition) is 4. The zero-order chi connectivity index (χ0) is 12.8. The highest BCUT2D eigenvalue weighted by molar-refractivity contribution is 5.76. The second-order valence-corrected chi connectivity index (χ2v) is 6.41. The van der Waals surface area contributed by atoms with Crippen molar-refractivity contribution in [1.29, 1.82) is 0 Å². The van der Waals surface area contributed by atoms with E-state index in [1.165, 1.54) is 0 Å². The molecule has 3 atom stereocenters. The van der Waals surface area contributed by atoms with Crippen LogP contribution in [0.2, 0.25) is 0 Å². The summed E-state index contributed by atoms with van der Waals surface area (Å²) in [6.07, 6.45) is 0.904. The summed E-state index contributed by atoms with van der Waals surface area (Å²) >= 11 is 0. The number of ether oxygens (including phenoxy) is 3. The Kier molecular flexibility index (Phi) is 2.99. The highest BCUT2D eigenvalue weighted by atomic mass is 16.7. The van der Waals surface area contributed by atoms with Gasteiger partial charge < -0.3 is 14.2 Å². The molecule has 1 aliphatic carbocycles. The maximum Gasteiger partial charge on any atom is 0.309 e. The summed E-state index contributed by atoms with van der Waals surface area (Å²) < 4.78 is 16.6. The van der Waals surface area contributed by atoms with Crippen LogP contribution in [0.3, 0.4) is 0 Å². The minimum atomic E-state index is -0.508. The van der Waals surface area contributed by atoms with Gasteiger partial charge >= 0.3 is 5.97 Å². The van der Waals surface area contributed by atoms with Gasteiger partial charge in [0, 0.05) is 5.92 Å². The van der Waals surface area contributed by atoms with Crippen LogP contribution < -0.4 is 0 Å². The molecular formula is C13H22O4. The Morgan fingerprint density at radius 2 is 2.00 bits per heavy atom. The molecule has 2 aliphatic rings. The molecule has 0 N–H and O–H groups in total. The van der Waals surface area contributed by atoms with E-state index < -0.39 is 11.4 Å². The average molecular weight is 242 g/mol. The molecule has 2 fully saturated rings. The van der Waals surface area contributed by atoms with E-state index >= 15 is 0 Å². The lowest BCUT2D eigenvalue weighted by molar-refractivity contribution is -0.159. The van der Waals surface area contributed by atoms with Crippen LogP contribution >= 0.6 is 0 Å². The minimum Gasteiger partial charge on any atom is -0.460 e. The van der Waals surface area contributed by atoms with Crippen LogP contribution in [0.5, 0.6) is 0 Å². The van der Waals surface area contributed by atoms with Crippen molar-refractivity contribution in [3.63, 3.8) is 0 Å². The lowest BCUT2D eigenvalue weighted by atomic mass is 10.1. The fourth-order valence-corrected chi connectivity index (χ4v) is 2.20. The first-order valence-corrected chi connectivity index (χ1v) is 6.23. The van der Waals surface area contributed by atoms with E-state index in [1.807, 2.05) is 34.6 Å². The normalized spacial score (nSPS) is 35.7. The SMILES string of the molecule is CC(C)(C)OC(=O)C1C[C@@H]1[C@H]1COC(C)(C)O1. The van der Waals surface area contributed by atoms with Crippen molar-refractivity contribution in [2.24, 2.45) is 11.8 Å². The number of carbonyl (C=O) groups is 1. The van der Waals surface area contributed by atoms with E-state index in [-0.39, 0.29) is 23.9 Å². The first-order chi connectivity index (χ1) is 7.68. The predicted molar refractivity (Wildman–Crippen MR) is 62.3 cm³/mol. The Labute approximate surface area is 103 Å². The molecule has 4 nitrogen and oxygen atoms in total. The van der Waals surface area contributed by atoms with Crippen LogP contribution in [-0.2, 0) is 19.0 Å². The molecule has 1 aliphatic heterocycles.